The molecule has 0 heterocycles. The molecule has 0 saturated carbocycles. The van der Waals surface area contributed by atoms with E-state index in [4.69, 9.17) is 11.6 Å². The van der Waals surface area contributed by atoms with Gasteiger partial charge in [0.25, 0.3) is 0 Å². The van der Waals surface area contributed by atoms with Crippen LogP contribution in [0.25, 0.3) is 0 Å². The first-order chi connectivity index (χ1) is 6.84. The lowest BCUT2D eigenvalue weighted by atomic mass is 10.1. The molecule has 0 aliphatic rings. The zero-order valence-electron chi connectivity index (χ0n) is 7.24. The van der Waals surface area contributed by atoms with E-state index >= 15 is 0 Å². The zero-order valence-corrected chi connectivity index (χ0v) is 10.2. The molecule has 0 fully saturated rings. The Morgan fingerprint density at radius 2 is 1.93 bits per heavy atom. The fraction of sp³-hybridized carbons (Fsp3) is 0.222. The molecule has 0 radical (unpaired) electrons. The van der Waals surface area contributed by atoms with Crippen LogP contribution < -0.4 is 0 Å². The highest BCUT2D eigenvalue weighted by Gasteiger charge is 2.31. The molecule has 1 rings (SSSR count). The average molecular weight is 348 g/mol. The van der Waals surface area contributed by atoms with Gasteiger partial charge >= 0.3 is 6.18 Å². The number of halogens is 5. The molecule has 1 nitrogen and oxygen atoms in total. The maximum absolute atomic E-state index is 12.4. The summed E-state index contributed by atoms with van der Waals surface area (Å²) in [4.78, 5) is 11.1. The topological polar surface area (TPSA) is 17.1 Å². The van der Waals surface area contributed by atoms with Crippen LogP contribution in [-0.2, 0) is 6.18 Å². The summed E-state index contributed by atoms with van der Waals surface area (Å²) in [6, 6.07) is 3.17. The standard InChI is InChI=1S/C9H5ClF3IO/c10-4-8(15)5-1-6(9(11,12)13)3-7(14)2-5/h1-3H,4H2. The second-order valence-corrected chi connectivity index (χ2v) is 4.30. The van der Waals surface area contributed by atoms with E-state index in [1.165, 1.54) is 6.07 Å². The highest BCUT2D eigenvalue weighted by Crippen LogP contribution is 2.31. The molecule has 82 valence electrons. The minimum absolute atomic E-state index is 0.00998. The lowest BCUT2D eigenvalue weighted by molar-refractivity contribution is -0.137. The summed E-state index contributed by atoms with van der Waals surface area (Å²) in [5, 5.41) is 0. The van der Waals surface area contributed by atoms with E-state index in [1.807, 2.05) is 0 Å². The number of carbonyl (C=O) groups excluding carboxylic acids is 1. The highest BCUT2D eigenvalue weighted by molar-refractivity contribution is 14.1. The van der Waals surface area contributed by atoms with Gasteiger partial charge in [-0.3, -0.25) is 4.79 Å². The van der Waals surface area contributed by atoms with Gasteiger partial charge in [-0.2, -0.15) is 13.2 Å². The SMILES string of the molecule is O=C(CCl)c1cc(I)cc(C(F)(F)F)c1. The average Bonchev–Trinajstić information content (AvgIpc) is 2.14. The monoisotopic (exact) mass is 348 g/mol. The van der Waals surface area contributed by atoms with Crippen LogP contribution in [0.3, 0.4) is 0 Å². The summed E-state index contributed by atoms with van der Waals surface area (Å²) in [5.41, 5.74) is -0.841. The van der Waals surface area contributed by atoms with E-state index in [1.54, 1.807) is 22.6 Å². The fourth-order valence-electron chi connectivity index (χ4n) is 0.991. The van der Waals surface area contributed by atoms with E-state index < -0.39 is 17.5 Å². The predicted octanol–water partition coefficient (Wildman–Crippen LogP) is 3.73. The summed E-state index contributed by atoms with van der Waals surface area (Å²) in [6.07, 6.45) is -4.44. The second-order valence-electron chi connectivity index (χ2n) is 2.78. The summed E-state index contributed by atoms with van der Waals surface area (Å²) in [5.74, 6) is -0.835. The Morgan fingerprint density at radius 1 is 1.33 bits per heavy atom. The van der Waals surface area contributed by atoms with Crippen molar-refractivity contribution < 1.29 is 18.0 Å². The third-order valence-corrected chi connectivity index (χ3v) is 2.53. The number of ketones is 1. The maximum atomic E-state index is 12.4. The van der Waals surface area contributed by atoms with Crippen molar-refractivity contribution in [3.05, 3.63) is 32.9 Å². The van der Waals surface area contributed by atoms with E-state index in [0.717, 1.165) is 12.1 Å². The third kappa shape index (κ3) is 3.34. The van der Waals surface area contributed by atoms with Crippen LogP contribution in [0, 0.1) is 3.57 Å². The molecule has 6 heteroatoms. The van der Waals surface area contributed by atoms with Gasteiger partial charge in [-0.25, -0.2) is 0 Å². The van der Waals surface area contributed by atoms with Crippen molar-refractivity contribution in [1.82, 2.24) is 0 Å². The minimum atomic E-state index is -4.44. The molecule has 0 aliphatic carbocycles. The maximum Gasteiger partial charge on any atom is 0.416 e. The summed E-state index contributed by atoms with van der Waals surface area (Å²) >= 11 is 7.00. The van der Waals surface area contributed by atoms with E-state index in [0.29, 0.717) is 3.57 Å². The number of alkyl halides is 4. The smallest absolute Gasteiger partial charge is 0.293 e. The fourth-order valence-corrected chi connectivity index (χ4v) is 1.82. The van der Waals surface area contributed by atoms with Crippen molar-refractivity contribution in [1.29, 1.82) is 0 Å². The number of hydrogen-bond acceptors (Lipinski definition) is 1. The lowest BCUT2D eigenvalue weighted by Crippen LogP contribution is -2.09. The number of rotatable bonds is 2. The van der Waals surface area contributed by atoms with Crippen LogP contribution in [0.15, 0.2) is 18.2 Å². The largest absolute Gasteiger partial charge is 0.416 e. The summed E-state index contributed by atoms with van der Waals surface area (Å²) in [7, 11) is 0. The molecular weight excluding hydrogens is 343 g/mol. The Hall–Kier alpha value is -0.300. The summed E-state index contributed by atoms with van der Waals surface area (Å²) < 4.78 is 37.5. The van der Waals surface area contributed by atoms with Crippen molar-refractivity contribution in [2.24, 2.45) is 0 Å². The van der Waals surface area contributed by atoms with Crippen LogP contribution in [0.2, 0.25) is 0 Å². The Kier molecular flexibility index (Phi) is 3.99. The molecule has 1 aromatic carbocycles. The molecule has 0 unspecified atom stereocenters. The van der Waals surface area contributed by atoms with Gasteiger partial charge in [-0.15, -0.1) is 11.6 Å². The van der Waals surface area contributed by atoms with Crippen molar-refractivity contribution >= 4 is 40.0 Å². The van der Waals surface area contributed by atoms with Gasteiger partial charge in [-0.05, 0) is 40.8 Å². The van der Waals surface area contributed by atoms with Crippen molar-refractivity contribution in [3.8, 4) is 0 Å². The minimum Gasteiger partial charge on any atom is -0.293 e. The van der Waals surface area contributed by atoms with Crippen LogP contribution in [0.1, 0.15) is 15.9 Å². The van der Waals surface area contributed by atoms with Gasteiger partial charge in [-0.1, -0.05) is 0 Å². The molecule has 0 aromatic heterocycles. The molecule has 15 heavy (non-hydrogen) atoms. The number of carbonyl (C=O) groups is 1. The predicted molar refractivity (Wildman–Crippen MR) is 59.2 cm³/mol. The van der Waals surface area contributed by atoms with Gasteiger partial charge in [0.05, 0.1) is 11.4 Å². The third-order valence-electron chi connectivity index (χ3n) is 1.67. The van der Waals surface area contributed by atoms with Crippen LogP contribution in [-0.4, -0.2) is 11.7 Å². The van der Waals surface area contributed by atoms with Gasteiger partial charge in [0, 0.05) is 9.13 Å². The number of Topliss-reactive ketones (excluding diaryl/α,β-unsaturated/α-hetero) is 1. The van der Waals surface area contributed by atoms with E-state index in [9.17, 15) is 18.0 Å². The molecule has 0 amide bonds. The molecule has 1 aromatic rings. The Balaban J connectivity index is 3.23. The first-order valence-corrected chi connectivity index (χ1v) is 5.43. The van der Waals surface area contributed by atoms with Crippen molar-refractivity contribution in [2.45, 2.75) is 6.18 Å². The first kappa shape index (κ1) is 12.8. The molecule has 0 spiro atoms. The highest BCUT2D eigenvalue weighted by atomic mass is 127. The molecule has 0 saturated heterocycles. The van der Waals surface area contributed by atoms with Gasteiger partial charge < -0.3 is 0 Å². The Labute approximate surface area is 103 Å². The molecule has 0 aliphatic heterocycles. The molecule has 0 atom stereocenters. The number of hydrogen-bond donors (Lipinski definition) is 0. The van der Waals surface area contributed by atoms with Gasteiger partial charge in [0.2, 0.25) is 0 Å². The van der Waals surface area contributed by atoms with E-state index in [2.05, 4.69) is 0 Å². The van der Waals surface area contributed by atoms with Crippen molar-refractivity contribution in [3.63, 3.8) is 0 Å². The quantitative estimate of drug-likeness (QED) is 0.452. The Morgan fingerprint density at radius 3 is 2.40 bits per heavy atom. The second kappa shape index (κ2) is 4.69. The van der Waals surface area contributed by atoms with Gasteiger partial charge in [0.1, 0.15) is 0 Å². The Bertz CT molecular complexity index is 389. The van der Waals surface area contributed by atoms with Crippen LogP contribution >= 0.6 is 34.2 Å². The zero-order chi connectivity index (χ0) is 11.6. The van der Waals surface area contributed by atoms with Gasteiger partial charge in [0.15, 0.2) is 5.78 Å². The van der Waals surface area contributed by atoms with Crippen molar-refractivity contribution in [2.75, 3.05) is 5.88 Å². The molecule has 0 bridgehead atoms. The summed E-state index contributed by atoms with van der Waals surface area (Å²) in [6.45, 7) is 0. The molecular formula is C9H5ClF3IO. The van der Waals surface area contributed by atoms with E-state index in [-0.39, 0.29) is 11.4 Å². The molecule has 0 N–H and O–H groups in total. The number of benzene rings is 1. The van der Waals surface area contributed by atoms with Crippen LogP contribution in [0.5, 0.6) is 0 Å². The van der Waals surface area contributed by atoms with Crippen LogP contribution in [0.4, 0.5) is 13.2 Å². The first-order valence-electron chi connectivity index (χ1n) is 3.81. The normalized spacial score (nSPS) is 11.5. The lowest BCUT2D eigenvalue weighted by Gasteiger charge is -2.08.